The van der Waals surface area contributed by atoms with Crippen molar-refractivity contribution < 1.29 is 4.74 Å². The van der Waals surface area contributed by atoms with Crippen molar-refractivity contribution in [2.45, 2.75) is 26.4 Å². The normalized spacial score (nSPS) is 11.4. The Kier molecular flexibility index (Phi) is 5.74. The van der Waals surface area contributed by atoms with Crippen molar-refractivity contribution in [1.82, 2.24) is 9.88 Å². The summed E-state index contributed by atoms with van der Waals surface area (Å²) in [6.45, 7) is 6.78. The smallest absolute Gasteiger partial charge is 0.133 e. The Balaban J connectivity index is 2.64. The highest BCUT2D eigenvalue weighted by atomic mass is 35.5. The van der Waals surface area contributed by atoms with E-state index in [1.54, 1.807) is 13.3 Å². The third-order valence-corrected chi connectivity index (χ3v) is 2.86. The van der Waals surface area contributed by atoms with Crippen LogP contribution in [0.4, 0.5) is 0 Å². The van der Waals surface area contributed by atoms with Crippen LogP contribution in [-0.2, 0) is 11.3 Å². The highest BCUT2D eigenvalue weighted by Gasteiger charge is 2.11. The highest BCUT2D eigenvalue weighted by Crippen LogP contribution is 2.15. The van der Waals surface area contributed by atoms with E-state index in [9.17, 15) is 0 Å². The van der Waals surface area contributed by atoms with Crippen molar-refractivity contribution >= 4 is 11.6 Å². The molecule has 0 N–H and O–H groups in total. The molecule has 0 radical (unpaired) electrons. The van der Waals surface area contributed by atoms with Gasteiger partial charge < -0.3 is 4.74 Å². The van der Waals surface area contributed by atoms with Crippen LogP contribution >= 0.6 is 11.6 Å². The Bertz CT molecular complexity index is 318. The van der Waals surface area contributed by atoms with E-state index in [1.807, 2.05) is 12.1 Å². The van der Waals surface area contributed by atoms with Gasteiger partial charge in [0.1, 0.15) is 5.15 Å². The first kappa shape index (κ1) is 13.4. The molecular formula is C12H19ClN2O. The quantitative estimate of drug-likeness (QED) is 0.717. The zero-order valence-corrected chi connectivity index (χ0v) is 10.9. The van der Waals surface area contributed by atoms with Gasteiger partial charge in [-0.15, -0.1) is 0 Å². The molecule has 3 nitrogen and oxygen atoms in total. The van der Waals surface area contributed by atoms with E-state index in [0.29, 0.717) is 11.2 Å². The Labute approximate surface area is 102 Å². The van der Waals surface area contributed by atoms with Gasteiger partial charge in [0.2, 0.25) is 0 Å². The van der Waals surface area contributed by atoms with Gasteiger partial charge >= 0.3 is 0 Å². The molecule has 16 heavy (non-hydrogen) atoms. The summed E-state index contributed by atoms with van der Waals surface area (Å²) < 4.78 is 5.10. The Morgan fingerprint density at radius 1 is 1.50 bits per heavy atom. The maximum atomic E-state index is 6.04. The van der Waals surface area contributed by atoms with Crippen molar-refractivity contribution in [3.63, 3.8) is 0 Å². The van der Waals surface area contributed by atoms with Crippen molar-refractivity contribution in [3.05, 3.63) is 29.0 Å². The summed E-state index contributed by atoms with van der Waals surface area (Å²) >= 11 is 6.04. The maximum Gasteiger partial charge on any atom is 0.133 e. The summed E-state index contributed by atoms with van der Waals surface area (Å²) in [6.07, 6.45) is 1.71. The van der Waals surface area contributed by atoms with Crippen LogP contribution < -0.4 is 0 Å². The molecule has 0 atom stereocenters. The lowest BCUT2D eigenvalue weighted by Crippen LogP contribution is -2.33. The molecule has 0 bridgehead atoms. The molecule has 0 amide bonds. The van der Waals surface area contributed by atoms with E-state index in [4.69, 9.17) is 16.3 Å². The number of pyridine rings is 1. The van der Waals surface area contributed by atoms with E-state index in [1.165, 1.54) is 0 Å². The number of hydrogen-bond donors (Lipinski definition) is 0. The summed E-state index contributed by atoms with van der Waals surface area (Å²) in [5.74, 6) is 0. The predicted molar refractivity (Wildman–Crippen MR) is 66.7 cm³/mol. The van der Waals surface area contributed by atoms with Gasteiger partial charge in [-0.25, -0.2) is 4.98 Å². The second-order valence-electron chi connectivity index (χ2n) is 4.01. The van der Waals surface area contributed by atoms with Gasteiger partial charge in [-0.05, 0) is 19.9 Å². The van der Waals surface area contributed by atoms with Crippen molar-refractivity contribution in [3.8, 4) is 0 Å². The minimum Gasteiger partial charge on any atom is -0.383 e. The van der Waals surface area contributed by atoms with Crippen molar-refractivity contribution in [2.75, 3.05) is 20.3 Å². The number of aromatic nitrogens is 1. The van der Waals surface area contributed by atoms with Crippen molar-refractivity contribution in [1.29, 1.82) is 0 Å². The Morgan fingerprint density at radius 3 is 2.81 bits per heavy atom. The largest absolute Gasteiger partial charge is 0.383 e. The molecule has 0 saturated heterocycles. The standard InChI is InChI=1S/C12H19ClN2O/c1-10(2)15(7-8-16-3)9-11-5-4-6-14-12(11)13/h4-6,10H,7-9H2,1-3H3. The zero-order chi connectivity index (χ0) is 12.0. The minimum absolute atomic E-state index is 0.464. The topological polar surface area (TPSA) is 25.4 Å². The maximum absolute atomic E-state index is 6.04. The molecule has 0 aliphatic heterocycles. The van der Waals surface area contributed by atoms with Gasteiger partial charge in [0.25, 0.3) is 0 Å². The number of nitrogens with zero attached hydrogens (tertiary/aromatic N) is 2. The van der Waals surface area contributed by atoms with Gasteiger partial charge in [-0.2, -0.15) is 0 Å². The second-order valence-corrected chi connectivity index (χ2v) is 4.37. The molecule has 1 rings (SSSR count). The molecule has 1 heterocycles. The van der Waals surface area contributed by atoms with E-state index in [2.05, 4.69) is 23.7 Å². The molecule has 0 aliphatic rings. The number of hydrogen-bond acceptors (Lipinski definition) is 3. The van der Waals surface area contributed by atoms with Crippen LogP contribution in [0.25, 0.3) is 0 Å². The Hall–Kier alpha value is -0.640. The monoisotopic (exact) mass is 242 g/mol. The van der Waals surface area contributed by atoms with Crippen LogP contribution in [0.3, 0.4) is 0 Å². The third kappa shape index (κ3) is 4.08. The summed E-state index contributed by atoms with van der Waals surface area (Å²) in [5, 5.41) is 0.588. The van der Waals surface area contributed by atoms with Crippen LogP contribution in [-0.4, -0.2) is 36.2 Å². The minimum atomic E-state index is 0.464. The Morgan fingerprint density at radius 2 is 2.25 bits per heavy atom. The fourth-order valence-corrected chi connectivity index (χ4v) is 1.66. The number of rotatable bonds is 6. The van der Waals surface area contributed by atoms with Crippen LogP contribution in [0.5, 0.6) is 0 Å². The van der Waals surface area contributed by atoms with Crippen LogP contribution in [0.2, 0.25) is 5.15 Å². The molecule has 1 aromatic heterocycles. The van der Waals surface area contributed by atoms with Crippen LogP contribution in [0.1, 0.15) is 19.4 Å². The summed E-state index contributed by atoms with van der Waals surface area (Å²) in [5.41, 5.74) is 1.06. The van der Waals surface area contributed by atoms with Gasteiger partial charge in [0.15, 0.2) is 0 Å². The molecule has 0 fully saturated rings. The molecule has 0 aromatic carbocycles. The van der Waals surface area contributed by atoms with E-state index >= 15 is 0 Å². The molecular weight excluding hydrogens is 224 g/mol. The number of halogens is 1. The molecule has 0 aliphatic carbocycles. The lowest BCUT2D eigenvalue weighted by molar-refractivity contribution is 0.125. The number of methoxy groups -OCH3 is 1. The fraction of sp³-hybridized carbons (Fsp3) is 0.583. The zero-order valence-electron chi connectivity index (χ0n) is 10.1. The molecule has 0 saturated carbocycles. The fourth-order valence-electron chi connectivity index (χ4n) is 1.48. The average Bonchev–Trinajstić information content (AvgIpc) is 2.26. The molecule has 0 spiro atoms. The second kappa shape index (κ2) is 6.84. The lowest BCUT2D eigenvalue weighted by Gasteiger charge is -2.26. The first-order chi connectivity index (χ1) is 7.65. The molecule has 90 valence electrons. The molecule has 1 aromatic rings. The lowest BCUT2D eigenvalue weighted by atomic mass is 10.2. The molecule has 0 unspecified atom stereocenters. The predicted octanol–water partition coefficient (Wildman–Crippen LogP) is 2.59. The van der Waals surface area contributed by atoms with Crippen LogP contribution in [0, 0.1) is 0 Å². The third-order valence-electron chi connectivity index (χ3n) is 2.52. The van der Waals surface area contributed by atoms with Gasteiger partial charge in [-0.3, -0.25) is 4.90 Å². The SMILES string of the molecule is COCCN(Cc1cccnc1Cl)C(C)C. The van der Waals surface area contributed by atoms with Gasteiger partial charge in [0, 0.05) is 38.0 Å². The van der Waals surface area contributed by atoms with E-state index in [0.717, 1.165) is 25.3 Å². The first-order valence-electron chi connectivity index (χ1n) is 5.47. The van der Waals surface area contributed by atoms with Gasteiger partial charge in [0.05, 0.1) is 6.61 Å². The summed E-state index contributed by atoms with van der Waals surface area (Å²) in [4.78, 5) is 6.39. The highest BCUT2D eigenvalue weighted by molar-refractivity contribution is 6.30. The average molecular weight is 243 g/mol. The van der Waals surface area contributed by atoms with Crippen LogP contribution in [0.15, 0.2) is 18.3 Å². The van der Waals surface area contributed by atoms with E-state index < -0.39 is 0 Å². The number of ether oxygens (including phenoxy) is 1. The summed E-state index contributed by atoms with van der Waals surface area (Å²) in [6, 6.07) is 4.39. The van der Waals surface area contributed by atoms with E-state index in [-0.39, 0.29) is 0 Å². The first-order valence-corrected chi connectivity index (χ1v) is 5.85. The van der Waals surface area contributed by atoms with Crippen molar-refractivity contribution in [2.24, 2.45) is 0 Å². The van der Waals surface area contributed by atoms with Gasteiger partial charge in [-0.1, -0.05) is 17.7 Å². The summed E-state index contributed by atoms with van der Waals surface area (Å²) in [7, 11) is 1.72. The molecule has 4 heteroatoms.